The highest BCUT2D eigenvalue weighted by atomic mass is 16.4. The Morgan fingerprint density at radius 3 is 2.08 bits per heavy atom. The Labute approximate surface area is 353 Å². The van der Waals surface area contributed by atoms with Crippen LogP contribution in [0.2, 0.25) is 0 Å². The number of hydrazine groups is 1. The SMILES string of the molecule is CC[C@H](C)[C@H](NC(=O)[C@H](CCCCN)NN[C@H](C=O)CCC(=O)O)C(=O)NC(=O)[C@H](N[C@@H](C)C=O)N1C/C=C/CCC(=O)N[C@@H](C)C(=O)N[C@@H](N[C@H](C=O)CCC(=O)O)C1=O. The van der Waals surface area contributed by atoms with Crippen molar-refractivity contribution in [3.05, 3.63) is 12.2 Å². The van der Waals surface area contributed by atoms with Gasteiger partial charge in [0.25, 0.3) is 11.8 Å². The Hall–Kier alpha value is -5.49. The molecule has 0 aromatic heterocycles. The van der Waals surface area contributed by atoms with Crippen LogP contribution < -0.4 is 48.5 Å². The number of hydrogen-bond donors (Lipinski definition) is 11. The Balaban J connectivity index is 3.64. The fourth-order valence-corrected chi connectivity index (χ4v) is 5.75. The topological polar surface area (TPSA) is 354 Å². The molecule has 0 unspecified atom stereocenters. The van der Waals surface area contributed by atoms with Gasteiger partial charge in [-0.1, -0.05) is 38.8 Å². The number of hydrogen-bond acceptors (Lipinski definition) is 16. The molecule has 0 aromatic carbocycles. The van der Waals surface area contributed by atoms with Gasteiger partial charge in [0, 0.05) is 25.8 Å². The van der Waals surface area contributed by atoms with Crippen LogP contribution in [0.3, 0.4) is 0 Å². The van der Waals surface area contributed by atoms with Gasteiger partial charge in [0.1, 0.15) is 30.9 Å². The van der Waals surface area contributed by atoms with Gasteiger partial charge in [-0.05, 0) is 58.4 Å². The molecule has 1 rings (SSSR count). The standard InChI is InChI=1S/C38H62N10O13/c1-5-22(2)31(43-35(58)27(11-8-9-17-39)47-46-26(21-51)14-16-30(55)56)36(59)45-37(60)33(40-23(3)19-49)48-18-10-6-7-12-28(52)41-24(4)34(57)44-32(38(48)61)42-25(20-50)13-15-29(53)54/h6,10,19-27,31-33,40,42,46-47H,5,7-9,11-18,39H2,1-4H3,(H,41,52)(H,43,58)(H,44,57)(H,53,54)(H,55,56)(H,45,59,60)/b10-6+/t22-,23-,24-,25-,26-,27-,31-,32+,33+/m0/s1. The van der Waals surface area contributed by atoms with E-state index in [2.05, 4.69) is 42.8 Å². The summed E-state index contributed by atoms with van der Waals surface area (Å²) in [5, 5.41) is 33.2. The van der Waals surface area contributed by atoms with Crippen LogP contribution >= 0.6 is 0 Å². The zero-order chi connectivity index (χ0) is 46.1. The molecule has 61 heavy (non-hydrogen) atoms. The molecule has 9 atom stereocenters. The number of nitrogens with two attached hydrogens (primary N) is 1. The summed E-state index contributed by atoms with van der Waals surface area (Å²) < 4.78 is 0. The Kier molecular flexibility index (Phi) is 25.3. The molecule has 342 valence electrons. The van der Waals surface area contributed by atoms with Gasteiger partial charge >= 0.3 is 11.9 Å². The predicted molar refractivity (Wildman–Crippen MR) is 216 cm³/mol. The van der Waals surface area contributed by atoms with Gasteiger partial charge in [-0.3, -0.25) is 54.3 Å². The van der Waals surface area contributed by atoms with Crippen molar-refractivity contribution in [1.82, 2.24) is 47.7 Å². The number of imide groups is 1. The first-order valence-corrected chi connectivity index (χ1v) is 20.2. The fourth-order valence-electron chi connectivity index (χ4n) is 5.75. The lowest BCUT2D eigenvalue weighted by molar-refractivity contribution is -0.147. The van der Waals surface area contributed by atoms with Crippen LogP contribution in [-0.4, -0.2) is 143 Å². The largest absolute Gasteiger partial charge is 0.481 e. The van der Waals surface area contributed by atoms with Crippen molar-refractivity contribution in [2.24, 2.45) is 11.7 Å². The van der Waals surface area contributed by atoms with Crippen molar-refractivity contribution in [3.8, 4) is 0 Å². The first-order chi connectivity index (χ1) is 28.9. The molecule has 1 heterocycles. The van der Waals surface area contributed by atoms with E-state index in [0.717, 1.165) is 4.90 Å². The fraction of sp³-hybridized carbons (Fsp3) is 0.658. The lowest BCUT2D eigenvalue weighted by atomic mass is 9.97. The molecule has 12 N–H and O–H groups in total. The van der Waals surface area contributed by atoms with Gasteiger partial charge in [0.2, 0.25) is 23.6 Å². The molecule has 0 aromatic rings. The van der Waals surface area contributed by atoms with Gasteiger partial charge in [-0.25, -0.2) is 10.9 Å². The summed E-state index contributed by atoms with van der Waals surface area (Å²) in [6, 6.07) is -7.03. The number of nitrogens with zero attached hydrogens (tertiary/aromatic N) is 1. The van der Waals surface area contributed by atoms with Crippen LogP contribution in [0, 0.1) is 5.92 Å². The number of carboxylic acid groups (broad SMARTS) is 2. The number of allylic oxidation sites excluding steroid dienone is 1. The minimum Gasteiger partial charge on any atom is -0.481 e. The third-order valence-electron chi connectivity index (χ3n) is 9.57. The summed E-state index contributed by atoms with van der Waals surface area (Å²) in [6.07, 6.45) is 0.816. The molecule has 0 spiro atoms. The maximum atomic E-state index is 14.5. The van der Waals surface area contributed by atoms with Gasteiger partial charge in [-0.2, -0.15) is 0 Å². The van der Waals surface area contributed by atoms with Crippen LogP contribution in [0.25, 0.3) is 0 Å². The van der Waals surface area contributed by atoms with Crippen molar-refractivity contribution >= 4 is 66.2 Å². The number of carbonyl (C=O) groups excluding carboxylic acids is 9. The lowest BCUT2D eigenvalue weighted by Gasteiger charge is -2.35. The van der Waals surface area contributed by atoms with E-state index in [1.54, 1.807) is 13.8 Å². The quantitative estimate of drug-likeness (QED) is 0.0168. The number of carboxylic acids is 2. The molecule has 1 aliphatic heterocycles. The molecule has 23 nitrogen and oxygen atoms in total. The molecule has 0 fully saturated rings. The number of nitrogens with one attached hydrogen (secondary N) is 8. The lowest BCUT2D eigenvalue weighted by Crippen LogP contribution is -2.67. The van der Waals surface area contributed by atoms with Crippen LogP contribution in [-0.2, 0) is 52.7 Å². The van der Waals surface area contributed by atoms with Crippen molar-refractivity contribution in [3.63, 3.8) is 0 Å². The smallest absolute Gasteiger partial charge is 0.303 e. The predicted octanol–water partition coefficient (Wildman–Crippen LogP) is -3.17. The zero-order valence-electron chi connectivity index (χ0n) is 35.0. The van der Waals surface area contributed by atoms with Gasteiger partial charge in [-0.15, -0.1) is 0 Å². The highest BCUT2D eigenvalue weighted by molar-refractivity contribution is 6.03. The minimum absolute atomic E-state index is 0.0600. The maximum absolute atomic E-state index is 14.5. The molecular formula is C38H62N10O13. The highest BCUT2D eigenvalue weighted by Crippen LogP contribution is 2.12. The molecule has 0 saturated carbocycles. The van der Waals surface area contributed by atoms with Crippen molar-refractivity contribution in [2.75, 3.05) is 13.1 Å². The molecule has 23 heteroatoms. The van der Waals surface area contributed by atoms with Crippen molar-refractivity contribution < 1.29 is 63.0 Å². The van der Waals surface area contributed by atoms with Crippen molar-refractivity contribution in [1.29, 1.82) is 0 Å². The molecule has 6 amide bonds. The molecule has 0 saturated heterocycles. The number of carbonyl (C=O) groups is 11. The van der Waals surface area contributed by atoms with Crippen LogP contribution in [0.1, 0.15) is 91.9 Å². The normalized spacial score (nSPS) is 20.2. The van der Waals surface area contributed by atoms with Gasteiger partial charge < -0.3 is 51.2 Å². The number of rotatable bonds is 27. The van der Waals surface area contributed by atoms with Gasteiger partial charge in [0.05, 0.1) is 24.2 Å². The van der Waals surface area contributed by atoms with E-state index in [1.165, 1.54) is 26.0 Å². The molecular weight excluding hydrogens is 804 g/mol. The minimum atomic E-state index is -1.84. The maximum Gasteiger partial charge on any atom is 0.303 e. The first kappa shape index (κ1) is 53.5. The van der Waals surface area contributed by atoms with Crippen LogP contribution in [0.15, 0.2) is 12.2 Å². The first-order valence-electron chi connectivity index (χ1n) is 20.2. The van der Waals surface area contributed by atoms with Gasteiger partial charge in [0.15, 0.2) is 12.3 Å². The van der Waals surface area contributed by atoms with Crippen LogP contribution in [0.4, 0.5) is 0 Å². The number of unbranched alkanes of at least 4 members (excludes halogenated alkanes) is 1. The van der Waals surface area contributed by atoms with E-state index in [4.69, 9.17) is 10.8 Å². The molecule has 0 radical (unpaired) electrons. The summed E-state index contributed by atoms with van der Waals surface area (Å²) >= 11 is 0. The number of aliphatic carboxylic acids is 2. The van der Waals surface area contributed by atoms with E-state index in [9.17, 15) is 57.8 Å². The van der Waals surface area contributed by atoms with E-state index < -0.39 is 115 Å². The molecule has 0 aliphatic carbocycles. The second-order valence-corrected chi connectivity index (χ2v) is 14.6. The third-order valence-corrected chi connectivity index (χ3v) is 9.57. The third kappa shape index (κ3) is 20.1. The van der Waals surface area contributed by atoms with E-state index in [0.29, 0.717) is 44.7 Å². The summed E-state index contributed by atoms with van der Waals surface area (Å²) in [5.41, 5.74) is 11.0. The average molecular weight is 867 g/mol. The highest BCUT2D eigenvalue weighted by Gasteiger charge is 2.39. The van der Waals surface area contributed by atoms with E-state index in [-0.39, 0.29) is 38.5 Å². The Morgan fingerprint density at radius 2 is 1.51 bits per heavy atom. The van der Waals surface area contributed by atoms with E-state index in [1.807, 2.05) is 0 Å². The summed E-state index contributed by atoms with van der Waals surface area (Å²) in [6.45, 7) is 5.94. The Bertz CT molecular complexity index is 1560. The zero-order valence-corrected chi connectivity index (χ0v) is 35.0. The summed E-state index contributed by atoms with van der Waals surface area (Å²) in [7, 11) is 0. The number of aldehydes is 3. The van der Waals surface area contributed by atoms with Crippen molar-refractivity contribution in [2.45, 2.75) is 140 Å². The molecule has 0 bridgehead atoms. The second kappa shape index (κ2) is 28.9. The average Bonchev–Trinajstić information content (AvgIpc) is 3.22. The second-order valence-electron chi connectivity index (χ2n) is 14.6. The molecule has 1 aliphatic rings. The number of amides is 6. The van der Waals surface area contributed by atoms with Crippen LogP contribution in [0.5, 0.6) is 0 Å². The summed E-state index contributed by atoms with van der Waals surface area (Å²) in [4.78, 5) is 141. The van der Waals surface area contributed by atoms with E-state index >= 15 is 0 Å². The summed E-state index contributed by atoms with van der Waals surface area (Å²) in [5.74, 6) is -8.35. The monoisotopic (exact) mass is 866 g/mol. The Morgan fingerprint density at radius 1 is 0.869 bits per heavy atom.